The van der Waals surface area contributed by atoms with Crippen molar-refractivity contribution < 1.29 is 42.1 Å². The number of allylic oxidation sites excluding steroid dienone is 4. The molecule has 0 amide bonds. The Hall–Kier alpha value is -1.51. The number of hydrogen-bond acceptors (Lipinski definition) is 8. The average Bonchev–Trinajstić information content (AvgIpc) is 3.04. The first-order valence-corrected chi connectivity index (χ1v) is 21.0. The number of hydrogen-bond donors (Lipinski definition) is 0. The number of rotatable bonds is 35. The second-order valence-electron chi connectivity index (χ2n) is 14.3. The molecule has 2 unspecified atom stereocenters. The van der Waals surface area contributed by atoms with E-state index in [9.17, 15) is 19.0 Å². The van der Waals surface area contributed by atoms with Crippen LogP contribution in [0.5, 0.6) is 0 Å². The van der Waals surface area contributed by atoms with E-state index in [1.807, 2.05) is 21.1 Å². The monoisotopic (exact) mass is 716 g/mol. The summed E-state index contributed by atoms with van der Waals surface area (Å²) in [6, 6.07) is 0. The van der Waals surface area contributed by atoms with Gasteiger partial charge >= 0.3 is 11.9 Å². The van der Waals surface area contributed by atoms with Crippen molar-refractivity contribution in [2.75, 3.05) is 47.5 Å². The van der Waals surface area contributed by atoms with Gasteiger partial charge in [0.1, 0.15) is 19.8 Å². The molecule has 0 aliphatic rings. The molecule has 0 bridgehead atoms. The number of carbonyl (C=O) groups is 2. The lowest BCUT2D eigenvalue weighted by Gasteiger charge is -2.28. The Labute approximate surface area is 300 Å². The van der Waals surface area contributed by atoms with Crippen molar-refractivity contribution in [2.45, 2.75) is 168 Å². The van der Waals surface area contributed by atoms with Gasteiger partial charge in [-0.15, -0.1) is 0 Å². The molecule has 288 valence electrons. The zero-order valence-electron chi connectivity index (χ0n) is 32.1. The second-order valence-corrected chi connectivity index (χ2v) is 15.7. The van der Waals surface area contributed by atoms with E-state index in [0.29, 0.717) is 17.4 Å². The number of unbranched alkanes of at least 4 members (excludes halogenated alkanes) is 17. The number of carbonyl (C=O) groups excluding carboxylic acids is 2. The molecular formula is C39H74NO8P. The minimum Gasteiger partial charge on any atom is -0.756 e. The van der Waals surface area contributed by atoms with Crippen molar-refractivity contribution in [1.82, 2.24) is 0 Å². The highest BCUT2D eigenvalue weighted by Gasteiger charge is 2.21. The molecule has 2 atom stereocenters. The van der Waals surface area contributed by atoms with Crippen LogP contribution in [-0.2, 0) is 32.7 Å². The van der Waals surface area contributed by atoms with Gasteiger partial charge in [0.15, 0.2) is 6.10 Å². The van der Waals surface area contributed by atoms with E-state index in [4.69, 9.17) is 18.5 Å². The molecule has 0 aliphatic heterocycles. The summed E-state index contributed by atoms with van der Waals surface area (Å²) < 4.78 is 33.7. The quantitative estimate of drug-likeness (QED) is 0.0210. The SMILES string of the molecule is CCCC/C=C\C/C=C\CCCCCCCC(=O)OC(COC(=O)CCCCCCCCCCCCC)COP(=O)([O-])OCC[N+](C)(C)C. The Morgan fingerprint density at radius 1 is 0.633 bits per heavy atom. The van der Waals surface area contributed by atoms with Crippen LogP contribution < -0.4 is 4.89 Å². The summed E-state index contributed by atoms with van der Waals surface area (Å²) in [6.07, 6.45) is 32.0. The Morgan fingerprint density at radius 3 is 1.67 bits per heavy atom. The Balaban J connectivity index is 4.45. The highest BCUT2D eigenvalue weighted by atomic mass is 31.2. The Kier molecular flexibility index (Phi) is 31.4. The minimum atomic E-state index is -4.62. The van der Waals surface area contributed by atoms with Crippen LogP contribution in [0.2, 0.25) is 0 Å². The van der Waals surface area contributed by atoms with Crippen LogP contribution in [0.3, 0.4) is 0 Å². The number of esters is 2. The van der Waals surface area contributed by atoms with Crippen molar-refractivity contribution in [1.29, 1.82) is 0 Å². The maximum absolute atomic E-state index is 12.6. The average molecular weight is 716 g/mol. The highest BCUT2D eigenvalue weighted by Crippen LogP contribution is 2.38. The van der Waals surface area contributed by atoms with E-state index in [1.54, 1.807) is 0 Å². The number of phosphoric acid groups is 1. The molecule has 0 N–H and O–H groups in total. The first-order valence-electron chi connectivity index (χ1n) is 19.5. The highest BCUT2D eigenvalue weighted by molar-refractivity contribution is 7.45. The van der Waals surface area contributed by atoms with Crippen LogP contribution >= 0.6 is 7.82 Å². The molecule has 49 heavy (non-hydrogen) atoms. The summed E-state index contributed by atoms with van der Waals surface area (Å²) in [5.41, 5.74) is 0. The lowest BCUT2D eigenvalue weighted by atomic mass is 10.1. The predicted molar refractivity (Wildman–Crippen MR) is 199 cm³/mol. The first-order chi connectivity index (χ1) is 23.5. The fraction of sp³-hybridized carbons (Fsp3) is 0.846. The molecule has 0 spiro atoms. The van der Waals surface area contributed by atoms with Crippen LogP contribution in [0, 0.1) is 0 Å². The number of quaternary nitrogens is 1. The van der Waals surface area contributed by atoms with Crippen LogP contribution in [0.15, 0.2) is 24.3 Å². The fourth-order valence-electron chi connectivity index (χ4n) is 5.08. The van der Waals surface area contributed by atoms with Crippen molar-refractivity contribution >= 4 is 19.8 Å². The van der Waals surface area contributed by atoms with E-state index in [-0.39, 0.29) is 32.0 Å². The third kappa shape index (κ3) is 36.1. The van der Waals surface area contributed by atoms with Gasteiger partial charge < -0.3 is 27.9 Å². The number of nitrogens with zero attached hydrogens (tertiary/aromatic N) is 1. The summed E-state index contributed by atoms with van der Waals surface area (Å²) in [5, 5.41) is 0. The Morgan fingerprint density at radius 2 is 1.12 bits per heavy atom. The maximum atomic E-state index is 12.6. The zero-order valence-corrected chi connectivity index (χ0v) is 33.0. The number of likely N-dealkylation sites (N-methyl/N-ethyl adjacent to an activating group) is 1. The third-order valence-corrected chi connectivity index (χ3v) is 9.19. The number of phosphoric ester groups is 1. The van der Waals surface area contributed by atoms with Crippen molar-refractivity contribution in [3.8, 4) is 0 Å². The predicted octanol–water partition coefficient (Wildman–Crippen LogP) is 9.77. The third-order valence-electron chi connectivity index (χ3n) is 8.22. The molecule has 0 heterocycles. The first kappa shape index (κ1) is 47.5. The van der Waals surface area contributed by atoms with Crippen LogP contribution in [0.25, 0.3) is 0 Å². The molecule has 0 aromatic heterocycles. The second kappa shape index (κ2) is 32.4. The van der Waals surface area contributed by atoms with E-state index < -0.39 is 26.5 Å². The lowest BCUT2D eigenvalue weighted by Crippen LogP contribution is -2.37. The molecule has 10 heteroatoms. The molecule has 0 fully saturated rings. The van der Waals surface area contributed by atoms with Gasteiger partial charge in [-0.2, -0.15) is 0 Å². The molecule has 0 radical (unpaired) electrons. The molecule has 0 aliphatic carbocycles. The lowest BCUT2D eigenvalue weighted by molar-refractivity contribution is -0.870. The molecule has 0 aromatic rings. The maximum Gasteiger partial charge on any atom is 0.306 e. The van der Waals surface area contributed by atoms with Gasteiger partial charge in [0.2, 0.25) is 0 Å². The van der Waals surface area contributed by atoms with Gasteiger partial charge in [0.05, 0.1) is 27.7 Å². The van der Waals surface area contributed by atoms with Gasteiger partial charge in [-0.05, 0) is 38.5 Å². The molecule has 0 saturated heterocycles. The van der Waals surface area contributed by atoms with Gasteiger partial charge in [-0.1, -0.05) is 134 Å². The molecule has 9 nitrogen and oxygen atoms in total. The molecule has 0 aromatic carbocycles. The zero-order chi connectivity index (χ0) is 36.5. The normalized spacial score (nSPS) is 14.0. The van der Waals surface area contributed by atoms with Gasteiger partial charge in [0.25, 0.3) is 7.82 Å². The van der Waals surface area contributed by atoms with Crippen molar-refractivity contribution in [3.63, 3.8) is 0 Å². The van der Waals surface area contributed by atoms with Gasteiger partial charge in [-0.3, -0.25) is 14.2 Å². The molecule has 0 rings (SSSR count). The standard InChI is InChI=1S/C39H74NO8P/c1-6-8-10-12-14-16-18-19-20-22-24-26-28-30-32-39(42)48-37(36-47-49(43,44)46-34-33-40(3,4)5)35-45-38(41)31-29-27-25-23-21-17-15-13-11-9-7-2/h12,14,18-19,37H,6-11,13,15-17,20-36H2,1-5H3/b14-12-,19-18-. The van der Waals surface area contributed by atoms with E-state index in [0.717, 1.165) is 64.2 Å². The van der Waals surface area contributed by atoms with Crippen molar-refractivity contribution in [2.24, 2.45) is 0 Å². The van der Waals surface area contributed by atoms with E-state index in [1.165, 1.54) is 64.2 Å². The summed E-state index contributed by atoms with van der Waals surface area (Å²) >= 11 is 0. The van der Waals surface area contributed by atoms with Crippen LogP contribution in [0.1, 0.15) is 162 Å². The van der Waals surface area contributed by atoms with Crippen molar-refractivity contribution in [3.05, 3.63) is 24.3 Å². The number of ether oxygens (including phenoxy) is 2. The molecule has 0 saturated carbocycles. The van der Waals surface area contributed by atoms with Gasteiger partial charge in [-0.25, -0.2) is 0 Å². The Bertz CT molecular complexity index is 902. The van der Waals surface area contributed by atoms with Crippen LogP contribution in [-0.4, -0.2) is 70.0 Å². The summed E-state index contributed by atoms with van der Waals surface area (Å²) in [7, 11) is 1.16. The van der Waals surface area contributed by atoms with Gasteiger partial charge in [0, 0.05) is 12.8 Å². The fourth-order valence-corrected chi connectivity index (χ4v) is 5.81. The van der Waals surface area contributed by atoms with E-state index >= 15 is 0 Å². The van der Waals surface area contributed by atoms with Crippen LogP contribution in [0.4, 0.5) is 0 Å². The summed E-state index contributed by atoms with van der Waals surface area (Å²) in [5.74, 6) is -0.851. The summed E-state index contributed by atoms with van der Waals surface area (Å²) in [6.45, 7) is 4.15. The largest absolute Gasteiger partial charge is 0.756 e. The topological polar surface area (TPSA) is 111 Å². The minimum absolute atomic E-state index is 0.0323. The van der Waals surface area contributed by atoms with E-state index in [2.05, 4.69) is 38.2 Å². The summed E-state index contributed by atoms with van der Waals surface area (Å²) in [4.78, 5) is 37.3. The molecular weight excluding hydrogens is 641 g/mol. The smallest absolute Gasteiger partial charge is 0.306 e.